The first-order valence-electron chi connectivity index (χ1n) is 5.92. The number of halogens is 1. The normalized spacial score (nSPS) is 11.6. The minimum atomic E-state index is 1.11. The number of benzene rings is 3. The Bertz CT molecular complexity index is 889. The molecule has 0 saturated carbocycles. The molecule has 4 aromatic rings. The molecule has 1 aromatic heterocycles. The van der Waals surface area contributed by atoms with Gasteiger partial charge in [0.15, 0.2) is 0 Å². The second-order valence-electron chi connectivity index (χ2n) is 4.52. The molecule has 1 nitrogen and oxygen atoms in total. The maximum absolute atomic E-state index is 3.54. The minimum Gasteiger partial charge on any atom is -0.354 e. The summed E-state index contributed by atoms with van der Waals surface area (Å²) in [6, 6.07) is 19.2. The number of hydrogen-bond donors (Lipinski definition) is 1. The average molecular weight is 296 g/mol. The van der Waals surface area contributed by atoms with E-state index in [1.807, 2.05) is 0 Å². The number of hydrogen-bond acceptors (Lipinski definition) is 0. The summed E-state index contributed by atoms with van der Waals surface area (Å²) in [4.78, 5) is 3.53. The lowest BCUT2D eigenvalue weighted by Crippen LogP contribution is -1.74. The molecule has 0 radical (unpaired) electrons. The van der Waals surface area contributed by atoms with E-state index in [4.69, 9.17) is 0 Å². The van der Waals surface area contributed by atoms with E-state index in [2.05, 4.69) is 75.5 Å². The molecule has 4 rings (SSSR count). The predicted octanol–water partition coefficient (Wildman–Crippen LogP) is 5.24. The molecule has 0 amide bonds. The summed E-state index contributed by atoms with van der Waals surface area (Å²) in [7, 11) is 0. The summed E-state index contributed by atoms with van der Waals surface area (Å²) in [5.41, 5.74) is 2.41. The van der Waals surface area contributed by atoms with Crippen LogP contribution in [0.25, 0.3) is 32.6 Å². The van der Waals surface area contributed by atoms with Crippen molar-refractivity contribution < 1.29 is 0 Å². The summed E-state index contributed by atoms with van der Waals surface area (Å²) in [6.07, 6.45) is 0. The molecule has 0 atom stereocenters. The molecule has 0 aliphatic carbocycles. The van der Waals surface area contributed by atoms with E-state index in [9.17, 15) is 0 Å². The van der Waals surface area contributed by atoms with Crippen molar-refractivity contribution in [2.45, 2.75) is 0 Å². The molecule has 0 aliphatic heterocycles. The molecule has 0 spiro atoms. The summed E-state index contributed by atoms with van der Waals surface area (Å²) < 4.78 is 1.11. The second-order valence-corrected chi connectivity index (χ2v) is 5.44. The van der Waals surface area contributed by atoms with E-state index >= 15 is 0 Å². The van der Waals surface area contributed by atoms with Gasteiger partial charge in [0.25, 0.3) is 0 Å². The third kappa shape index (κ3) is 1.33. The number of aromatic nitrogens is 1. The van der Waals surface area contributed by atoms with Crippen LogP contribution in [0.2, 0.25) is 0 Å². The standard InChI is InChI=1S/C16H10BrN/c17-11-6-8-15-14(9-11)13-7-5-10-3-1-2-4-12(10)16(13)18-15/h1-9,18H. The van der Waals surface area contributed by atoms with Crippen molar-refractivity contribution in [3.8, 4) is 0 Å². The molecule has 2 heteroatoms. The third-order valence-electron chi connectivity index (χ3n) is 3.46. The second kappa shape index (κ2) is 3.59. The Morgan fingerprint density at radius 2 is 1.67 bits per heavy atom. The van der Waals surface area contributed by atoms with E-state index in [1.165, 1.54) is 32.6 Å². The van der Waals surface area contributed by atoms with Gasteiger partial charge in [0, 0.05) is 26.1 Å². The Balaban J connectivity index is 2.30. The van der Waals surface area contributed by atoms with Crippen LogP contribution >= 0.6 is 15.9 Å². The number of nitrogens with one attached hydrogen (secondary N) is 1. The number of fused-ring (bicyclic) bond motifs is 5. The Kier molecular flexibility index (Phi) is 2.03. The maximum atomic E-state index is 3.54. The SMILES string of the molecule is Brc1ccc2[nH]c3c4ccccc4ccc3c2c1. The van der Waals surface area contributed by atoms with Crippen molar-refractivity contribution in [2.24, 2.45) is 0 Å². The van der Waals surface area contributed by atoms with Gasteiger partial charge in [-0.05, 0) is 23.6 Å². The zero-order chi connectivity index (χ0) is 12.1. The van der Waals surface area contributed by atoms with Gasteiger partial charge in [-0.25, -0.2) is 0 Å². The van der Waals surface area contributed by atoms with Crippen molar-refractivity contribution in [2.75, 3.05) is 0 Å². The van der Waals surface area contributed by atoms with Crippen LogP contribution in [0.5, 0.6) is 0 Å². The summed E-state index contributed by atoms with van der Waals surface area (Å²) >= 11 is 3.54. The quantitative estimate of drug-likeness (QED) is 0.457. The fourth-order valence-corrected chi connectivity index (χ4v) is 2.97. The summed E-state index contributed by atoms with van der Waals surface area (Å²) in [6.45, 7) is 0. The molecule has 0 unspecified atom stereocenters. The van der Waals surface area contributed by atoms with Gasteiger partial charge in [-0.15, -0.1) is 0 Å². The van der Waals surface area contributed by atoms with Gasteiger partial charge in [-0.2, -0.15) is 0 Å². The molecule has 0 saturated heterocycles. The van der Waals surface area contributed by atoms with E-state index in [0.29, 0.717) is 0 Å². The van der Waals surface area contributed by atoms with Crippen LogP contribution in [0.15, 0.2) is 59.1 Å². The molecule has 3 aromatic carbocycles. The van der Waals surface area contributed by atoms with Crippen molar-refractivity contribution in [1.29, 1.82) is 0 Å². The van der Waals surface area contributed by atoms with Crippen molar-refractivity contribution >= 4 is 48.5 Å². The Labute approximate surface area is 113 Å². The number of H-pyrrole nitrogens is 1. The molecular weight excluding hydrogens is 286 g/mol. The molecule has 86 valence electrons. The van der Waals surface area contributed by atoms with Gasteiger partial charge in [0.2, 0.25) is 0 Å². The van der Waals surface area contributed by atoms with E-state index < -0.39 is 0 Å². The van der Waals surface area contributed by atoms with E-state index in [1.54, 1.807) is 0 Å². The van der Waals surface area contributed by atoms with Crippen LogP contribution in [0, 0.1) is 0 Å². The first-order chi connectivity index (χ1) is 8.83. The predicted molar refractivity (Wildman–Crippen MR) is 81.0 cm³/mol. The van der Waals surface area contributed by atoms with Gasteiger partial charge in [0.05, 0.1) is 5.52 Å². The fourth-order valence-electron chi connectivity index (χ4n) is 2.61. The third-order valence-corrected chi connectivity index (χ3v) is 3.95. The zero-order valence-corrected chi connectivity index (χ0v) is 11.2. The molecule has 1 heterocycles. The molecule has 0 bridgehead atoms. The molecule has 1 N–H and O–H groups in total. The van der Waals surface area contributed by atoms with Crippen LogP contribution in [-0.2, 0) is 0 Å². The smallest absolute Gasteiger partial charge is 0.0544 e. The maximum Gasteiger partial charge on any atom is 0.0544 e. The van der Waals surface area contributed by atoms with Crippen LogP contribution in [-0.4, -0.2) is 4.98 Å². The van der Waals surface area contributed by atoms with Crippen LogP contribution in [0.1, 0.15) is 0 Å². The number of aromatic amines is 1. The number of rotatable bonds is 0. The Hall–Kier alpha value is -1.80. The van der Waals surface area contributed by atoms with Gasteiger partial charge >= 0.3 is 0 Å². The van der Waals surface area contributed by atoms with Gasteiger partial charge in [-0.1, -0.05) is 52.3 Å². The van der Waals surface area contributed by atoms with E-state index in [0.717, 1.165) is 4.47 Å². The first-order valence-corrected chi connectivity index (χ1v) is 6.71. The Morgan fingerprint density at radius 1 is 0.778 bits per heavy atom. The molecule has 0 aliphatic rings. The highest BCUT2D eigenvalue weighted by Gasteiger charge is 2.07. The van der Waals surface area contributed by atoms with Crippen LogP contribution < -0.4 is 0 Å². The summed E-state index contributed by atoms with van der Waals surface area (Å²) in [5, 5.41) is 5.10. The lowest BCUT2D eigenvalue weighted by atomic mass is 10.1. The zero-order valence-electron chi connectivity index (χ0n) is 9.57. The van der Waals surface area contributed by atoms with Crippen LogP contribution in [0.4, 0.5) is 0 Å². The molecular formula is C16H10BrN. The fraction of sp³-hybridized carbons (Fsp3) is 0. The molecule has 0 fully saturated rings. The van der Waals surface area contributed by atoms with E-state index in [-0.39, 0.29) is 0 Å². The Morgan fingerprint density at radius 3 is 2.61 bits per heavy atom. The first kappa shape index (κ1) is 10.2. The monoisotopic (exact) mass is 295 g/mol. The van der Waals surface area contributed by atoms with Gasteiger partial charge in [-0.3, -0.25) is 0 Å². The average Bonchev–Trinajstić information content (AvgIpc) is 2.77. The lowest BCUT2D eigenvalue weighted by Gasteiger charge is -1.98. The van der Waals surface area contributed by atoms with Crippen molar-refractivity contribution in [1.82, 2.24) is 4.98 Å². The van der Waals surface area contributed by atoms with Crippen molar-refractivity contribution in [3.63, 3.8) is 0 Å². The van der Waals surface area contributed by atoms with Gasteiger partial charge < -0.3 is 4.98 Å². The highest BCUT2D eigenvalue weighted by molar-refractivity contribution is 9.10. The van der Waals surface area contributed by atoms with Gasteiger partial charge in [0.1, 0.15) is 0 Å². The lowest BCUT2D eigenvalue weighted by molar-refractivity contribution is 1.56. The van der Waals surface area contributed by atoms with Crippen molar-refractivity contribution in [3.05, 3.63) is 59.1 Å². The highest BCUT2D eigenvalue weighted by atomic mass is 79.9. The summed E-state index contributed by atoms with van der Waals surface area (Å²) in [5.74, 6) is 0. The minimum absolute atomic E-state index is 1.11. The topological polar surface area (TPSA) is 15.8 Å². The molecule has 18 heavy (non-hydrogen) atoms. The largest absolute Gasteiger partial charge is 0.354 e. The van der Waals surface area contributed by atoms with Crippen LogP contribution in [0.3, 0.4) is 0 Å². The highest BCUT2D eigenvalue weighted by Crippen LogP contribution is 2.32.